The topological polar surface area (TPSA) is 102 Å². The van der Waals surface area contributed by atoms with E-state index >= 15 is 0 Å². The third-order valence-corrected chi connectivity index (χ3v) is 1.69. The number of ether oxygens (including phenoxy) is 3. The summed E-state index contributed by atoms with van der Waals surface area (Å²) in [5.74, 6) is -2.75. The lowest BCUT2D eigenvalue weighted by molar-refractivity contribution is -0.177. The van der Waals surface area contributed by atoms with E-state index in [2.05, 4.69) is 4.74 Å². The first-order valence-corrected chi connectivity index (χ1v) is 4.72. The van der Waals surface area contributed by atoms with Gasteiger partial charge in [-0.25, -0.2) is 9.59 Å². The van der Waals surface area contributed by atoms with Crippen LogP contribution in [0, 0.1) is 0 Å². The number of carboxylic acids is 2. The molecule has 0 radical (unpaired) electrons. The highest BCUT2D eigenvalue weighted by Gasteiger charge is 2.35. The van der Waals surface area contributed by atoms with E-state index in [1.165, 1.54) is 7.11 Å². The summed E-state index contributed by atoms with van der Waals surface area (Å²) in [6.07, 6.45) is -3.05. The molecule has 0 amide bonds. The Morgan fingerprint density at radius 1 is 1.06 bits per heavy atom. The molecule has 0 heterocycles. The summed E-state index contributed by atoms with van der Waals surface area (Å²) in [6.45, 7) is 1.84. The second-order valence-electron chi connectivity index (χ2n) is 2.84. The maximum atomic E-state index is 10.8. The number of methoxy groups -OCH3 is 1. The van der Waals surface area contributed by atoms with Gasteiger partial charge in [-0.15, -0.1) is 0 Å². The molecular weight excluding hydrogens is 220 g/mol. The Morgan fingerprint density at radius 2 is 1.56 bits per heavy atom. The number of aliphatic carboxylic acids is 2. The van der Waals surface area contributed by atoms with Crippen LogP contribution in [-0.2, 0) is 23.8 Å². The van der Waals surface area contributed by atoms with Crippen LogP contribution in [0.15, 0.2) is 0 Å². The van der Waals surface area contributed by atoms with Crippen molar-refractivity contribution in [1.82, 2.24) is 0 Å². The summed E-state index contributed by atoms with van der Waals surface area (Å²) in [5, 5.41) is 17.6. The number of hydrogen-bond acceptors (Lipinski definition) is 5. The van der Waals surface area contributed by atoms with Crippen LogP contribution in [0.4, 0.5) is 0 Å². The van der Waals surface area contributed by atoms with Crippen molar-refractivity contribution in [2.75, 3.05) is 26.9 Å². The van der Waals surface area contributed by atoms with Gasteiger partial charge in [-0.05, 0) is 6.92 Å². The molecule has 0 aromatic heterocycles. The normalized spacial score (nSPS) is 14.4. The van der Waals surface area contributed by atoms with Gasteiger partial charge < -0.3 is 24.4 Å². The molecule has 0 spiro atoms. The molecule has 0 aliphatic heterocycles. The van der Waals surface area contributed by atoms with Crippen LogP contribution >= 0.6 is 0 Å². The van der Waals surface area contributed by atoms with Gasteiger partial charge in [0, 0.05) is 13.7 Å². The van der Waals surface area contributed by atoms with Crippen molar-refractivity contribution in [3.05, 3.63) is 0 Å². The highest BCUT2D eigenvalue weighted by molar-refractivity contribution is 5.83. The highest BCUT2D eigenvalue weighted by atomic mass is 16.6. The van der Waals surface area contributed by atoms with Crippen molar-refractivity contribution in [3.8, 4) is 0 Å². The van der Waals surface area contributed by atoms with Gasteiger partial charge in [-0.3, -0.25) is 0 Å². The van der Waals surface area contributed by atoms with Gasteiger partial charge in [0.25, 0.3) is 0 Å². The zero-order valence-corrected chi connectivity index (χ0v) is 9.21. The maximum absolute atomic E-state index is 10.8. The van der Waals surface area contributed by atoms with Crippen LogP contribution in [0.5, 0.6) is 0 Å². The third-order valence-electron chi connectivity index (χ3n) is 1.69. The van der Waals surface area contributed by atoms with Crippen LogP contribution in [-0.4, -0.2) is 61.3 Å². The number of rotatable bonds is 9. The Bertz CT molecular complexity index is 228. The monoisotopic (exact) mass is 236 g/mol. The van der Waals surface area contributed by atoms with E-state index in [1.54, 1.807) is 6.92 Å². The van der Waals surface area contributed by atoms with Crippen LogP contribution < -0.4 is 0 Å². The molecule has 7 nitrogen and oxygen atoms in total. The molecule has 0 aromatic rings. The lowest BCUT2D eigenvalue weighted by Crippen LogP contribution is -2.44. The van der Waals surface area contributed by atoms with E-state index in [9.17, 15) is 9.59 Å². The standard InChI is InChI=1S/C9H16O7/c1-3-15-6(8(10)11)7(9(12)13)16-5-4-14-2/h6-7H,3-5H2,1-2H3,(H,10,11)(H,12,13). The molecule has 0 aliphatic carbocycles. The third kappa shape index (κ3) is 5.06. The van der Waals surface area contributed by atoms with Crippen molar-refractivity contribution >= 4 is 11.9 Å². The molecule has 0 saturated carbocycles. The lowest BCUT2D eigenvalue weighted by atomic mass is 10.2. The van der Waals surface area contributed by atoms with Gasteiger partial charge in [0.05, 0.1) is 13.2 Å². The Kier molecular flexibility index (Phi) is 7.44. The van der Waals surface area contributed by atoms with Crippen molar-refractivity contribution in [1.29, 1.82) is 0 Å². The zero-order chi connectivity index (χ0) is 12.6. The fourth-order valence-electron chi connectivity index (χ4n) is 1.01. The summed E-state index contributed by atoms with van der Waals surface area (Å²) in [4.78, 5) is 21.6. The molecule has 2 N–H and O–H groups in total. The average Bonchev–Trinajstić information content (AvgIpc) is 2.21. The molecule has 0 aromatic carbocycles. The van der Waals surface area contributed by atoms with Crippen molar-refractivity contribution in [2.24, 2.45) is 0 Å². The van der Waals surface area contributed by atoms with Gasteiger partial charge in [-0.1, -0.05) is 0 Å². The Labute approximate surface area is 92.9 Å². The first-order valence-electron chi connectivity index (χ1n) is 4.72. The Morgan fingerprint density at radius 3 is 1.94 bits per heavy atom. The van der Waals surface area contributed by atoms with Crippen LogP contribution in [0.3, 0.4) is 0 Å². The molecule has 2 unspecified atom stereocenters. The second-order valence-corrected chi connectivity index (χ2v) is 2.84. The predicted molar refractivity (Wildman–Crippen MR) is 52.3 cm³/mol. The SMILES string of the molecule is CCOC(C(=O)O)C(OCCOC)C(=O)O. The van der Waals surface area contributed by atoms with Gasteiger partial charge >= 0.3 is 11.9 Å². The predicted octanol–water partition coefficient (Wildman–Crippen LogP) is -0.408. The van der Waals surface area contributed by atoms with E-state index in [0.29, 0.717) is 0 Å². The quantitative estimate of drug-likeness (QED) is 0.525. The van der Waals surface area contributed by atoms with Crippen molar-refractivity contribution in [2.45, 2.75) is 19.1 Å². The minimum Gasteiger partial charge on any atom is -0.479 e. The molecule has 0 aliphatic rings. The van der Waals surface area contributed by atoms with Gasteiger partial charge in [0.15, 0.2) is 12.2 Å². The summed E-state index contributed by atoms with van der Waals surface area (Å²) >= 11 is 0. The molecule has 0 bridgehead atoms. The highest BCUT2D eigenvalue weighted by Crippen LogP contribution is 2.06. The first kappa shape index (κ1) is 14.8. The fraction of sp³-hybridized carbons (Fsp3) is 0.778. The Balaban J connectivity index is 4.45. The number of carboxylic acid groups (broad SMARTS) is 2. The van der Waals surface area contributed by atoms with E-state index in [-0.39, 0.29) is 19.8 Å². The molecular formula is C9H16O7. The minimum absolute atomic E-state index is 0.00960. The maximum Gasteiger partial charge on any atom is 0.336 e. The fourth-order valence-corrected chi connectivity index (χ4v) is 1.01. The molecule has 0 fully saturated rings. The number of hydrogen-bond donors (Lipinski definition) is 2. The van der Waals surface area contributed by atoms with Crippen molar-refractivity contribution in [3.63, 3.8) is 0 Å². The Hall–Kier alpha value is -1.18. The summed E-state index contributed by atoms with van der Waals surface area (Å²) < 4.78 is 14.4. The van der Waals surface area contributed by atoms with Crippen LogP contribution in [0.2, 0.25) is 0 Å². The number of carbonyl (C=O) groups is 2. The van der Waals surface area contributed by atoms with Crippen LogP contribution in [0.1, 0.15) is 6.92 Å². The molecule has 2 atom stereocenters. The molecule has 7 heteroatoms. The average molecular weight is 236 g/mol. The van der Waals surface area contributed by atoms with Gasteiger partial charge in [-0.2, -0.15) is 0 Å². The minimum atomic E-state index is -1.53. The molecule has 16 heavy (non-hydrogen) atoms. The molecule has 94 valence electrons. The first-order chi connectivity index (χ1) is 7.54. The molecule has 0 saturated heterocycles. The summed E-state index contributed by atoms with van der Waals surface area (Å²) in [6, 6.07) is 0. The lowest BCUT2D eigenvalue weighted by Gasteiger charge is -2.20. The van der Waals surface area contributed by atoms with Crippen LogP contribution in [0.25, 0.3) is 0 Å². The smallest absolute Gasteiger partial charge is 0.336 e. The van der Waals surface area contributed by atoms with E-state index in [0.717, 1.165) is 0 Å². The van der Waals surface area contributed by atoms with E-state index in [4.69, 9.17) is 19.7 Å². The van der Waals surface area contributed by atoms with Gasteiger partial charge in [0.2, 0.25) is 0 Å². The van der Waals surface area contributed by atoms with Crippen molar-refractivity contribution < 1.29 is 34.0 Å². The second kappa shape index (κ2) is 8.03. The summed E-state index contributed by atoms with van der Waals surface area (Å²) in [7, 11) is 1.43. The summed E-state index contributed by atoms with van der Waals surface area (Å²) in [5.41, 5.74) is 0. The molecule has 0 rings (SSSR count). The van der Waals surface area contributed by atoms with Gasteiger partial charge in [0.1, 0.15) is 0 Å². The zero-order valence-electron chi connectivity index (χ0n) is 9.21. The largest absolute Gasteiger partial charge is 0.479 e. The van der Waals surface area contributed by atoms with E-state index < -0.39 is 24.1 Å². The van der Waals surface area contributed by atoms with E-state index in [1.807, 2.05) is 0 Å².